The van der Waals surface area contributed by atoms with Crippen molar-refractivity contribution < 1.29 is 9.13 Å². The molecule has 1 heterocycles. The minimum atomic E-state index is -0.366. The number of nitrogens with two attached hydrogens (primary N) is 1. The van der Waals surface area contributed by atoms with Gasteiger partial charge in [-0.2, -0.15) is 5.10 Å². The molecule has 1 aromatic carbocycles. The lowest BCUT2D eigenvalue weighted by Crippen LogP contribution is -2.06. The quantitative estimate of drug-likeness (QED) is 0.866. The van der Waals surface area contributed by atoms with Crippen LogP contribution in [0.25, 0.3) is 0 Å². The molecule has 0 aliphatic carbocycles. The van der Waals surface area contributed by atoms with Gasteiger partial charge in [-0.3, -0.25) is 4.68 Å². The molecule has 0 aliphatic heterocycles. The number of halogens is 2. The number of aryl methyl sites for hydroxylation is 2. The lowest BCUT2D eigenvalue weighted by Gasteiger charge is -2.09. The van der Waals surface area contributed by atoms with E-state index in [1.807, 2.05) is 20.0 Å². The number of aromatic nitrogens is 2. The summed E-state index contributed by atoms with van der Waals surface area (Å²) in [6.07, 6.45) is 1.49. The zero-order valence-electron chi connectivity index (χ0n) is 12.2. The van der Waals surface area contributed by atoms with Gasteiger partial charge < -0.3 is 10.5 Å². The van der Waals surface area contributed by atoms with E-state index in [0.29, 0.717) is 13.0 Å². The van der Waals surface area contributed by atoms with Crippen LogP contribution in [0.2, 0.25) is 0 Å². The zero-order valence-corrected chi connectivity index (χ0v) is 13.8. The summed E-state index contributed by atoms with van der Waals surface area (Å²) in [7, 11) is 1.85. The molecule has 114 valence electrons. The Labute approximate surface area is 132 Å². The third-order valence-corrected chi connectivity index (χ3v) is 4.21. The molecule has 0 unspecified atom stereocenters. The van der Waals surface area contributed by atoms with Gasteiger partial charge in [0.2, 0.25) is 0 Å². The first-order chi connectivity index (χ1) is 10.1. The van der Waals surface area contributed by atoms with Crippen molar-refractivity contribution in [2.75, 3.05) is 6.54 Å². The summed E-state index contributed by atoms with van der Waals surface area (Å²) in [5, 5.41) is 4.38. The van der Waals surface area contributed by atoms with Gasteiger partial charge in [-0.25, -0.2) is 4.39 Å². The lowest BCUT2D eigenvalue weighted by molar-refractivity contribution is 0.279. The van der Waals surface area contributed by atoms with Gasteiger partial charge in [-0.15, -0.1) is 0 Å². The normalized spacial score (nSPS) is 10.9. The summed E-state index contributed by atoms with van der Waals surface area (Å²) in [5.74, 6) is -0.128. The Morgan fingerprint density at radius 1 is 1.43 bits per heavy atom. The molecule has 4 nitrogen and oxygen atoms in total. The van der Waals surface area contributed by atoms with Crippen molar-refractivity contribution in [1.29, 1.82) is 0 Å². The first-order valence-corrected chi connectivity index (χ1v) is 7.67. The number of hydrogen-bond acceptors (Lipinski definition) is 3. The summed E-state index contributed by atoms with van der Waals surface area (Å²) in [5.41, 5.74) is 8.19. The highest BCUT2D eigenvalue weighted by atomic mass is 79.9. The maximum absolute atomic E-state index is 13.9. The second-order valence-electron chi connectivity index (χ2n) is 4.78. The van der Waals surface area contributed by atoms with Crippen LogP contribution in [0, 0.1) is 5.82 Å². The van der Waals surface area contributed by atoms with E-state index in [-0.39, 0.29) is 18.2 Å². The minimum Gasteiger partial charge on any atom is -0.484 e. The Hall–Kier alpha value is -1.40. The molecular formula is C15H19BrFN3O. The molecule has 2 aromatic rings. The molecule has 21 heavy (non-hydrogen) atoms. The molecule has 0 saturated heterocycles. The van der Waals surface area contributed by atoms with Gasteiger partial charge in [0.05, 0.1) is 15.9 Å². The minimum absolute atomic E-state index is 0.238. The van der Waals surface area contributed by atoms with Crippen molar-refractivity contribution in [1.82, 2.24) is 9.78 Å². The van der Waals surface area contributed by atoms with Gasteiger partial charge in [0, 0.05) is 7.05 Å². The van der Waals surface area contributed by atoms with Crippen molar-refractivity contribution >= 4 is 15.9 Å². The Bertz CT molecular complexity index is 628. The third-order valence-electron chi connectivity index (χ3n) is 3.30. The average Bonchev–Trinajstić information content (AvgIpc) is 2.73. The van der Waals surface area contributed by atoms with E-state index in [0.717, 1.165) is 27.8 Å². The smallest absolute Gasteiger partial charge is 0.165 e. The van der Waals surface area contributed by atoms with Crippen molar-refractivity contribution in [2.24, 2.45) is 12.8 Å². The molecular weight excluding hydrogens is 337 g/mol. The number of ether oxygens (including phenoxy) is 1. The molecule has 0 radical (unpaired) electrons. The summed E-state index contributed by atoms with van der Waals surface area (Å²) in [6, 6.07) is 4.95. The summed E-state index contributed by atoms with van der Waals surface area (Å²) < 4.78 is 22.2. The van der Waals surface area contributed by atoms with Crippen molar-refractivity contribution in [2.45, 2.75) is 26.4 Å². The van der Waals surface area contributed by atoms with Crippen LogP contribution in [0.15, 0.2) is 22.7 Å². The SMILES string of the molecule is CCc1nn(C)c(COc2ccc(CCN)cc2F)c1Br. The van der Waals surface area contributed by atoms with E-state index < -0.39 is 0 Å². The lowest BCUT2D eigenvalue weighted by atomic mass is 10.1. The van der Waals surface area contributed by atoms with Gasteiger partial charge in [-0.1, -0.05) is 13.0 Å². The number of hydrogen-bond donors (Lipinski definition) is 1. The fourth-order valence-electron chi connectivity index (χ4n) is 2.11. The van der Waals surface area contributed by atoms with Crippen molar-refractivity contribution in [3.8, 4) is 5.75 Å². The van der Waals surface area contributed by atoms with Gasteiger partial charge in [0.25, 0.3) is 0 Å². The van der Waals surface area contributed by atoms with Gasteiger partial charge in [-0.05, 0) is 53.0 Å². The Kier molecular flexibility index (Phi) is 5.36. The Morgan fingerprint density at radius 3 is 2.76 bits per heavy atom. The number of nitrogens with zero attached hydrogens (tertiary/aromatic N) is 2. The Morgan fingerprint density at radius 2 is 2.19 bits per heavy atom. The van der Waals surface area contributed by atoms with Crippen LogP contribution in [0.4, 0.5) is 4.39 Å². The maximum Gasteiger partial charge on any atom is 0.165 e. The summed E-state index contributed by atoms with van der Waals surface area (Å²) >= 11 is 3.52. The van der Waals surface area contributed by atoms with Gasteiger partial charge in [0.1, 0.15) is 6.61 Å². The fraction of sp³-hybridized carbons (Fsp3) is 0.400. The first kappa shape index (κ1) is 16.0. The highest BCUT2D eigenvalue weighted by Gasteiger charge is 2.14. The van der Waals surface area contributed by atoms with Crippen LogP contribution in [0.1, 0.15) is 23.9 Å². The molecule has 2 rings (SSSR count). The highest BCUT2D eigenvalue weighted by molar-refractivity contribution is 9.10. The molecule has 0 atom stereocenters. The molecule has 0 spiro atoms. The van der Waals surface area contributed by atoms with E-state index in [2.05, 4.69) is 21.0 Å². The highest BCUT2D eigenvalue weighted by Crippen LogP contribution is 2.25. The predicted molar refractivity (Wildman–Crippen MR) is 83.8 cm³/mol. The molecule has 0 aliphatic rings. The fourth-order valence-corrected chi connectivity index (χ4v) is 2.84. The van der Waals surface area contributed by atoms with E-state index in [4.69, 9.17) is 10.5 Å². The monoisotopic (exact) mass is 355 g/mol. The van der Waals surface area contributed by atoms with Crippen molar-refractivity contribution in [3.05, 3.63) is 45.4 Å². The van der Waals surface area contributed by atoms with E-state index in [9.17, 15) is 4.39 Å². The molecule has 0 saturated carbocycles. The summed E-state index contributed by atoms with van der Waals surface area (Å²) in [6.45, 7) is 2.80. The van der Waals surface area contributed by atoms with Crippen LogP contribution in [-0.2, 0) is 26.5 Å². The van der Waals surface area contributed by atoms with E-state index in [1.165, 1.54) is 6.07 Å². The number of benzene rings is 1. The van der Waals surface area contributed by atoms with Crippen LogP contribution in [0.5, 0.6) is 5.75 Å². The van der Waals surface area contributed by atoms with Crippen LogP contribution >= 0.6 is 15.9 Å². The summed E-state index contributed by atoms with van der Waals surface area (Å²) in [4.78, 5) is 0. The third kappa shape index (κ3) is 3.63. The largest absolute Gasteiger partial charge is 0.484 e. The molecule has 0 fully saturated rings. The Balaban J connectivity index is 2.11. The standard InChI is InChI=1S/C15H19BrFN3O/c1-3-12-15(16)13(20(2)19-12)9-21-14-5-4-10(6-7-18)8-11(14)17/h4-5,8H,3,6-7,9,18H2,1-2H3. The number of rotatable bonds is 6. The van der Waals surface area contributed by atoms with E-state index >= 15 is 0 Å². The average molecular weight is 356 g/mol. The van der Waals surface area contributed by atoms with Crippen LogP contribution in [0.3, 0.4) is 0 Å². The van der Waals surface area contributed by atoms with Crippen molar-refractivity contribution in [3.63, 3.8) is 0 Å². The molecule has 6 heteroatoms. The van der Waals surface area contributed by atoms with Gasteiger partial charge >= 0.3 is 0 Å². The zero-order chi connectivity index (χ0) is 15.4. The first-order valence-electron chi connectivity index (χ1n) is 6.88. The van der Waals surface area contributed by atoms with E-state index in [1.54, 1.807) is 10.7 Å². The van der Waals surface area contributed by atoms with Crippen LogP contribution in [-0.4, -0.2) is 16.3 Å². The maximum atomic E-state index is 13.9. The topological polar surface area (TPSA) is 53.1 Å². The predicted octanol–water partition coefficient (Wildman–Crippen LogP) is 2.96. The second kappa shape index (κ2) is 7.04. The molecule has 0 amide bonds. The van der Waals surface area contributed by atoms with Crippen LogP contribution < -0.4 is 10.5 Å². The molecule has 1 aromatic heterocycles. The second-order valence-corrected chi connectivity index (χ2v) is 5.57. The molecule has 0 bridgehead atoms. The molecule has 2 N–H and O–H groups in total. The van der Waals surface area contributed by atoms with Gasteiger partial charge in [0.15, 0.2) is 11.6 Å².